The summed E-state index contributed by atoms with van der Waals surface area (Å²) in [5.74, 6) is 1.71. The van der Waals surface area contributed by atoms with Gasteiger partial charge in [0.1, 0.15) is 5.37 Å². The van der Waals surface area contributed by atoms with Crippen molar-refractivity contribution in [2.75, 3.05) is 30.9 Å². The summed E-state index contributed by atoms with van der Waals surface area (Å²) in [7, 11) is -2.97. The molecule has 1 aliphatic carbocycles. The van der Waals surface area contributed by atoms with Crippen LogP contribution in [0.3, 0.4) is 0 Å². The Bertz CT molecular complexity index is 338. The van der Waals surface area contributed by atoms with Gasteiger partial charge in [0.25, 0.3) is 0 Å². The first-order chi connectivity index (χ1) is 6.91. The van der Waals surface area contributed by atoms with Crippen LogP contribution in [-0.2, 0) is 9.84 Å². The van der Waals surface area contributed by atoms with Crippen LogP contribution in [0, 0.1) is 0 Å². The third-order valence-electron chi connectivity index (χ3n) is 3.09. The Balaban J connectivity index is 2.06. The van der Waals surface area contributed by atoms with Gasteiger partial charge in [-0.3, -0.25) is 4.90 Å². The van der Waals surface area contributed by atoms with Crippen molar-refractivity contribution in [3.8, 4) is 0 Å². The highest BCUT2D eigenvalue weighted by Crippen LogP contribution is 2.34. The van der Waals surface area contributed by atoms with Gasteiger partial charge < -0.3 is 5.73 Å². The molecule has 0 aromatic heterocycles. The molecule has 0 aromatic carbocycles. The second-order valence-electron chi connectivity index (χ2n) is 4.69. The van der Waals surface area contributed by atoms with Crippen molar-refractivity contribution in [3.63, 3.8) is 0 Å². The van der Waals surface area contributed by atoms with Crippen LogP contribution in [0.5, 0.6) is 0 Å². The van der Waals surface area contributed by atoms with Crippen LogP contribution in [-0.4, -0.2) is 55.1 Å². The standard InChI is InChI=1S/C9H18N2O2S2/c1-15(12,13)8-6-14-5-4-11(8)7-9(10)2-3-9/h8H,2-7,10H2,1H3. The fourth-order valence-electron chi connectivity index (χ4n) is 1.91. The molecule has 1 aliphatic heterocycles. The van der Waals surface area contributed by atoms with Gasteiger partial charge in [-0.25, -0.2) is 8.42 Å². The van der Waals surface area contributed by atoms with E-state index in [1.165, 1.54) is 6.26 Å². The lowest BCUT2D eigenvalue weighted by atomic mass is 10.2. The molecule has 0 amide bonds. The molecular weight excluding hydrogens is 232 g/mol. The first-order valence-electron chi connectivity index (χ1n) is 5.20. The van der Waals surface area contributed by atoms with Gasteiger partial charge in [0, 0.05) is 36.4 Å². The minimum absolute atomic E-state index is 0.0923. The van der Waals surface area contributed by atoms with Crippen LogP contribution >= 0.6 is 11.8 Å². The van der Waals surface area contributed by atoms with Gasteiger partial charge in [-0.15, -0.1) is 0 Å². The molecule has 1 heterocycles. The molecule has 2 rings (SSSR count). The molecule has 15 heavy (non-hydrogen) atoms. The minimum atomic E-state index is -2.97. The van der Waals surface area contributed by atoms with Crippen molar-refractivity contribution in [2.45, 2.75) is 23.8 Å². The average molecular weight is 250 g/mol. The van der Waals surface area contributed by atoms with Gasteiger partial charge in [0.2, 0.25) is 0 Å². The summed E-state index contributed by atoms with van der Waals surface area (Å²) >= 11 is 1.72. The predicted molar refractivity (Wildman–Crippen MR) is 63.7 cm³/mol. The van der Waals surface area contributed by atoms with E-state index in [2.05, 4.69) is 4.90 Å². The SMILES string of the molecule is CS(=O)(=O)C1CSCCN1CC1(N)CC1. The molecule has 0 bridgehead atoms. The van der Waals surface area contributed by atoms with E-state index in [1.54, 1.807) is 11.8 Å². The van der Waals surface area contributed by atoms with Gasteiger partial charge in [-0.1, -0.05) is 0 Å². The minimum Gasteiger partial charge on any atom is -0.324 e. The lowest BCUT2D eigenvalue weighted by Gasteiger charge is -2.35. The summed E-state index contributed by atoms with van der Waals surface area (Å²) in [6, 6.07) is 0. The highest BCUT2D eigenvalue weighted by Gasteiger charge is 2.43. The monoisotopic (exact) mass is 250 g/mol. The van der Waals surface area contributed by atoms with E-state index in [0.29, 0.717) is 5.75 Å². The maximum atomic E-state index is 11.6. The molecule has 0 spiro atoms. The normalized spacial score (nSPS) is 31.5. The number of sulfone groups is 1. The summed E-state index contributed by atoms with van der Waals surface area (Å²) in [4.78, 5) is 2.05. The number of hydrogen-bond donors (Lipinski definition) is 1. The van der Waals surface area contributed by atoms with E-state index in [0.717, 1.165) is 31.7 Å². The maximum Gasteiger partial charge on any atom is 0.164 e. The number of rotatable bonds is 3. The quantitative estimate of drug-likeness (QED) is 0.757. The van der Waals surface area contributed by atoms with Crippen molar-refractivity contribution in [3.05, 3.63) is 0 Å². The van der Waals surface area contributed by atoms with E-state index in [9.17, 15) is 8.42 Å². The lowest BCUT2D eigenvalue weighted by Crippen LogP contribution is -2.51. The zero-order chi connectivity index (χ0) is 11.1. The molecule has 1 atom stereocenters. The zero-order valence-electron chi connectivity index (χ0n) is 8.98. The van der Waals surface area contributed by atoms with Gasteiger partial charge in [0.05, 0.1) is 0 Å². The Morgan fingerprint density at radius 3 is 2.73 bits per heavy atom. The van der Waals surface area contributed by atoms with Crippen LogP contribution in [0.4, 0.5) is 0 Å². The molecule has 0 radical (unpaired) electrons. The van der Waals surface area contributed by atoms with Crippen LogP contribution in [0.1, 0.15) is 12.8 Å². The fraction of sp³-hybridized carbons (Fsp3) is 1.00. The molecule has 4 nitrogen and oxygen atoms in total. The molecule has 6 heteroatoms. The maximum absolute atomic E-state index is 11.6. The topological polar surface area (TPSA) is 63.4 Å². The second-order valence-corrected chi connectivity index (χ2v) is 8.04. The van der Waals surface area contributed by atoms with E-state index in [-0.39, 0.29) is 10.9 Å². The Kier molecular flexibility index (Phi) is 3.05. The molecule has 2 aliphatic rings. The molecule has 1 unspecified atom stereocenters. The third-order valence-corrected chi connectivity index (χ3v) is 5.78. The average Bonchev–Trinajstić information content (AvgIpc) is 2.82. The molecular formula is C9H18N2O2S2. The number of nitrogens with zero attached hydrogens (tertiary/aromatic N) is 1. The number of nitrogens with two attached hydrogens (primary N) is 1. The molecule has 88 valence electrons. The van der Waals surface area contributed by atoms with Gasteiger partial charge >= 0.3 is 0 Å². The van der Waals surface area contributed by atoms with E-state index in [4.69, 9.17) is 5.73 Å². The van der Waals surface area contributed by atoms with Crippen LogP contribution in [0.15, 0.2) is 0 Å². The summed E-state index contributed by atoms with van der Waals surface area (Å²) in [6.07, 6.45) is 3.40. The largest absolute Gasteiger partial charge is 0.324 e. The lowest BCUT2D eigenvalue weighted by molar-refractivity contribution is 0.247. The van der Waals surface area contributed by atoms with Crippen LogP contribution in [0.25, 0.3) is 0 Å². The Hall–Kier alpha value is 0.220. The smallest absolute Gasteiger partial charge is 0.164 e. The van der Waals surface area contributed by atoms with Crippen molar-refractivity contribution in [2.24, 2.45) is 5.73 Å². The first-order valence-corrected chi connectivity index (χ1v) is 8.31. The van der Waals surface area contributed by atoms with Crippen molar-refractivity contribution in [1.82, 2.24) is 4.90 Å². The van der Waals surface area contributed by atoms with Crippen molar-refractivity contribution in [1.29, 1.82) is 0 Å². The van der Waals surface area contributed by atoms with Crippen LogP contribution < -0.4 is 5.73 Å². The zero-order valence-corrected chi connectivity index (χ0v) is 10.6. The van der Waals surface area contributed by atoms with E-state index in [1.807, 2.05) is 0 Å². The van der Waals surface area contributed by atoms with Gasteiger partial charge in [0.15, 0.2) is 9.84 Å². The van der Waals surface area contributed by atoms with Gasteiger partial charge in [-0.05, 0) is 12.8 Å². The summed E-state index contributed by atoms with van der Waals surface area (Å²) in [5, 5.41) is -0.322. The molecule has 1 saturated heterocycles. The van der Waals surface area contributed by atoms with Gasteiger partial charge in [-0.2, -0.15) is 11.8 Å². The summed E-state index contributed by atoms with van der Waals surface area (Å²) < 4.78 is 23.2. The van der Waals surface area contributed by atoms with E-state index >= 15 is 0 Å². The predicted octanol–water partition coefficient (Wildman–Crippen LogP) is -0.103. The molecule has 2 fully saturated rings. The van der Waals surface area contributed by atoms with Crippen molar-refractivity contribution < 1.29 is 8.42 Å². The second kappa shape index (κ2) is 3.91. The first kappa shape index (κ1) is 11.7. The Morgan fingerprint density at radius 1 is 1.53 bits per heavy atom. The highest BCUT2D eigenvalue weighted by atomic mass is 32.2. The summed E-state index contributed by atoms with van der Waals surface area (Å²) in [5.41, 5.74) is 5.95. The Labute approximate surface area is 95.5 Å². The Morgan fingerprint density at radius 2 is 2.20 bits per heavy atom. The van der Waals surface area contributed by atoms with Crippen molar-refractivity contribution >= 4 is 21.6 Å². The fourth-order valence-corrected chi connectivity index (χ4v) is 4.86. The van der Waals surface area contributed by atoms with Crippen LogP contribution in [0.2, 0.25) is 0 Å². The highest BCUT2D eigenvalue weighted by molar-refractivity contribution is 8.00. The molecule has 0 aromatic rings. The number of hydrogen-bond acceptors (Lipinski definition) is 5. The number of thioether (sulfide) groups is 1. The molecule has 2 N–H and O–H groups in total. The van der Waals surface area contributed by atoms with E-state index < -0.39 is 9.84 Å². The molecule has 1 saturated carbocycles. The summed E-state index contributed by atoms with van der Waals surface area (Å²) in [6.45, 7) is 1.59. The third kappa shape index (κ3) is 2.87.